The van der Waals surface area contributed by atoms with Crippen molar-refractivity contribution in [1.82, 2.24) is 19.6 Å². The Balaban J connectivity index is 1.53. The van der Waals surface area contributed by atoms with Crippen LogP contribution in [0.25, 0.3) is 23.5 Å². The molecule has 0 bridgehead atoms. The van der Waals surface area contributed by atoms with Crippen molar-refractivity contribution in [1.29, 1.82) is 0 Å². The summed E-state index contributed by atoms with van der Waals surface area (Å²) in [6.07, 6.45) is 6.23. The van der Waals surface area contributed by atoms with E-state index in [4.69, 9.17) is 19.7 Å². The van der Waals surface area contributed by atoms with E-state index in [2.05, 4.69) is 0 Å². The van der Waals surface area contributed by atoms with Gasteiger partial charge in [0.05, 0.1) is 47.1 Å². The predicted molar refractivity (Wildman–Crippen MR) is 154 cm³/mol. The molecule has 0 unspecified atom stereocenters. The lowest BCUT2D eigenvalue weighted by Gasteiger charge is -2.17. The molecule has 2 aromatic heterocycles. The Morgan fingerprint density at radius 2 is 1.13 bits per heavy atom. The standard InChI is InChI=1S/C32H34N4O3/c1-5-38-31-28(22(3)33-35(31)26-16-9-7-10-17-26)20-24-14-13-15-25(30(24)37)21-29-23(4)34-36(32(29)39-6-2)27-18-11-8-12-19-27/h7-12,16-21H,5-6,13-15H2,1-4H3/b24-20+,25-21+. The average molecular weight is 523 g/mol. The molecule has 0 aliphatic heterocycles. The van der Waals surface area contributed by atoms with Crippen molar-refractivity contribution in [3.8, 4) is 23.1 Å². The molecule has 39 heavy (non-hydrogen) atoms. The summed E-state index contributed by atoms with van der Waals surface area (Å²) in [7, 11) is 0. The molecule has 1 fully saturated rings. The van der Waals surface area contributed by atoms with Crippen LogP contribution < -0.4 is 9.47 Å². The molecule has 1 aliphatic carbocycles. The number of ether oxygens (including phenoxy) is 2. The van der Waals surface area contributed by atoms with Crippen LogP contribution in [-0.2, 0) is 4.79 Å². The normalized spacial score (nSPS) is 15.7. The highest BCUT2D eigenvalue weighted by atomic mass is 16.5. The number of para-hydroxylation sites is 2. The molecule has 0 spiro atoms. The number of hydrogen-bond donors (Lipinski definition) is 0. The molecule has 0 radical (unpaired) electrons. The van der Waals surface area contributed by atoms with Gasteiger partial charge in [0.15, 0.2) is 5.78 Å². The molecule has 7 heteroatoms. The number of allylic oxidation sites excluding steroid dienone is 2. The molecule has 0 saturated heterocycles. The molecule has 1 aliphatic rings. The quantitative estimate of drug-likeness (QED) is 0.241. The first-order valence-corrected chi connectivity index (χ1v) is 13.5. The molecule has 5 rings (SSSR count). The molecular weight excluding hydrogens is 488 g/mol. The minimum atomic E-state index is 0.0462. The van der Waals surface area contributed by atoms with Crippen LogP contribution in [0.5, 0.6) is 11.8 Å². The van der Waals surface area contributed by atoms with E-state index in [0.29, 0.717) is 37.8 Å². The van der Waals surface area contributed by atoms with Gasteiger partial charge in [0.1, 0.15) is 0 Å². The summed E-state index contributed by atoms with van der Waals surface area (Å²) in [6, 6.07) is 19.8. The number of carbonyl (C=O) groups is 1. The van der Waals surface area contributed by atoms with Gasteiger partial charge in [-0.1, -0.05) is 36.4 Å². The lowest BCUT2D eigenvalue weighted by Crippen LogP contribution is -2.12. The summed E-state index contributed by atoms with van der Waals surface area (Å²) in [6.45, 7) is 8.81. The fourth-order valence-electron chi connectivity index (χ4n) is 4.93. The zero-order chi connectivity index (χ0) is 27.4. The molecule has 0 N–H and O–H groups in total. The van der Waals surface area contributed by atoms with Crippen LogP contribution in [0.1, 0.15) is 55.6 Å². The Bertz CT molecular complexity index is 1410. The minimum Gasteiger partial charge on any atom is -0.477 e. The van der Waals surface area contributed by atoms with E-state index in [1.165, 1.54) is 0 Å². The van der Waals surface area contributed by atoms with Gasteiger partial charge >= 0.3 is 0 Å². The first-order valence-electron chi connectivity index (χ1n) is 13.5. The Labute approximate surface area is 229 Å². The molecule has 2 heterocycles. The Morgan fingerprint density at radius 1 is 0.718 bits per heavy atom. The molecule has 0 amide bonds. The van der Waals surface area contributed by atoms with E-state index in [1.54, 1.807) is 0 Å². The number of ketones is 1. The number of rotatable bonds is 8. The molecule has 4 aromatic rings. The van der Waals surface area contributed by atoms with Crippen molar-refractivity contribution in [3.63, 3.8) is 0 Å². The SMILES string of the molecule is CCOc1c(/C=C2\CCC/C(=C\c3c(C)nn(-c4ccccc4)c3OCC)C2=O)c(C)nn1-c1ccccc1. The first kappa shape index (κ1) is 26.2. The van der Waals surface area contributed by atoms with Crippen molar-refractivity contribution in [2.75, 3.05) is 13.2 Å². The summed E-state index contributed by atoms with van der Waals surface area (Å²) in [4.78, 5) is 13.8. The van der Waals surface area contributed by atoms with Gasteiger partial charge in [-0.25, -0.2) is 9.36 Å². The topological polar surface area (TPSA) is 71.2 Å². The monoisotopic (exact) mass is 522 g/mol. The lowest BCUT2D eigenvalue weighted by molar-refractivity contribution is -0.112. The third-order valence-electron chi connectivity index (χ3n) is 6.80. The molecule has 200 valence electrons. The van der Waals surface area contributed by atoms with Crippen molar-refractivity contribution < 1.29 is 14.3 Å². The number of Topliss-reactive ketones (excluding diaryl/α,β-unsaturated/α-hetero) is 1. The van der Waals surface area contributed by atoms with E-state index < -0.39 is 0 Å². The fourth-order valence-corrected chi connectivity index (χ4v) is 4.93. The molecule has 2 aromatic carbocycles. The molecule has 7 nitrogen and oxygen atoms in total. The van der Waals surface area contributed by atoms with E-state index in [9.17, 15) is 4.79 Å². The Kier molecular flexibility index (Phi) is 7.77. The lowest BCUT2D eigenvalue weighted by atomic mass is 9.87. The highest BCUT2D eigenvalue weighted by Gasteiger charge is 2.25. The largest absolute Gasteiger partial charge is 0.477 e. The maximum absolute atomic E-state index is 13.8. The number of carbonyl (C=O) groups excluding carboxylic acids is 1. The van der Waals surface area contributed by atoms with Crippen LogP contribution >= 0.6 is 0 Å². The maximum Gasteiger partial charge on any atom is 0.224 e. The number of nitrogens with zero attached hydrogens (tertiary/aromatic N) is 4. The Hall–Kier alpha value is -4.39. The van der Waals surface area contributed by atoms with Crippen LogP contribution in [0.2, 0.25) is 0 Å². The van der Waals surface area contributed by atoms with Crippen LogP contribution in [-0.4, -0.2) is 38.6 Å². The minimum absolute atomic E-state index is 0.0462. The van der Waals surface area contributed by atoms with Crippen LogP contribution in [0, 0.1) is 13.8 Å². The zero-order valence-corrected chi connectivity index (χ0v) is 23.0. The van der Waals surface area contributed by atoms with Gasteiger partial charge < -0.3 is 9.47 Å². The summed E-state index contributed by atoms with van der Waals surface area (Å²) in [5.74, 6) is 1.34. The van der Waals surface area contributed by atoms with Gasteiger partial charge in [0.2, 0.25) is 11.8 Å². The van der Waals surface area contributed by atoms with Crippen molar-refractivity contribution in [2.45, 2.75) is 47.0 Å². The van der Waals surface area contributed by atoms with Crippen LogP contribution in [0.15, 0.2) is 71.8 Å². The van der Waals surface area contributed by atoms with Crippen molar-refractivity contribution in [3.05, 3.63) is 94.3 Å². The summed E-state index contributed by atoms with van der Waals surface area (Å²) in [5, 5.41) is 9.49. The molecule has 1 saturated carbocycles. The third-order valence-corrected chi connectivity index (χ3v) is 6.80. The number of hydrogen-bond acceptors (Lipinski definition) is 5. The van der Waals surface area contributed by atoms with E-state index in [1.807, 2.05) is 110 Å². The number of aryl methyl sites for hydroxylation is 2. The summed E-state index contributed by atoms with van der Waals surface area (Å²) >= 11 is 0. The van der Waals surface area contributed by atoms with Gasteiger partial charge in [-0.05, 0) is 83.4 Å². The van der Waals surface area contributed by atoms with E-state index in [0.717, 1.165) is 51.5 Å². The summed E-state index contributed by atoms with van der Waals surface area (Å²) in [5.41, 5.74) is 6.67. The van der Waals surface area contributed by atoms with Gasteiger partial charge in [0.25, 0.3) is 0 Å². The average Bonchev–Trinajstić information content (AvgIpc) is 3.43. The van der Waals surface area contributed by atoms with E-state index >= 15 is 0 Å². The van der Waals surface area contributed by atoms with Gasteiger partial charge in [-0.2, -0.15) is 10.2 Å². The smallest absolute Gasteiger partial charge is 0.224 e. The van der Waals surface area contributed by atoms with Crippen LogP contribution in [0.3, 0.4) is 0 Å². The Morgan fingerprint density at radius 3 is 1.51 bits per heavy atom. The second-order valence-corrected chi connectivity index (χ2v) is 9.49. The summed E-state index contributed by atoms with van der Waals surface area (Å²) < 4.78 is 15.7. The number of aromatic nitrogens is 4. The second kappa shape index (κ2) is 11.6. The number of benzene rings is 2. The van der Waals surface area contributed by atoms with Crippen molar-refractivity contribution >= 4 is 17.9 Å². The van der Waals surface area contributed by atoms with E-state index in [-0.39, 0.29) is 5.78 Å². The molecule has 0 atom stereocenters. The second-order valence-electron chi connectivity index (χ2n) is 9.49. The van der Waals surface area contributed by atoms with Gasteiger partial charge in [-0.15, -0.1) is 0 Å². The fraction of sp³-hybridized carbons (Fsp3) is 0.281. The van der Waals surface area contributed by atoms with Crippen molar-refractivity contribution in [2.24, 2.45) is 0 Å². The third kappa shape index (κ3) is 5.30. The van der Waals surface area contributed by atoms with Crippen LogP contribution in [0.4, 0.5) is 0 Å². The van der Waals surface area contributed by atoms with Gasteiger partial charge in [-0.3, -0.25) is 4.79 Å². The highest BCUT2D eigenvalue weighted by Crippen LogP contribution is 2.35. The zero-order valence-electron chi connectivity index (χ0n) is 23.0. The molecular formula is C32H34N4O3. The predicted octanol–water partition coefficient (Wildman–Crippen LogP) is 6.69. The highest BCUT2D eigenvalue weighted by molar-refractivity contribution is 6.14. The first-order chi connectivity index (χ1) is 19.0. The maximum atomic E-state index is 13.8. The van der Waals surface area contributed by atoms with Gasteiger partial charge in [0, 0.05) is 11.1 Å².